The van der Waals surface area contributed by atoms with Gasteiger partial charge >= 0.3 is 5.97 Å². The molecule has 0 amide bonds. The van der Waals surface area contributed by atoms with Crippen LogP contribution in [-0.2, 0) is 10.3 Å². The van der Waals surface area contributed by atoms with E-state index in [1.165, 1.54) is 10.8 Å². The number of ether oxygens (including phenoxy) is 1. The molecule has 0 bridgehead atoms. The van der Waals surface area contributed by atoms with Crippen molar-refractivity contribution in [1.82, 2.24) is 4.57 Å². The molecular formula is C17H27NO4. The molecule has 0 aliphatic heterocycles. The van der Waals surface area contributed by atoms with Crippen LogP contribution in [0.5, 0.6) is 5.75 Å². The summed E-state index contributed by atoms with van der Waals surface area (Å²) in [5, 5.41) is 9.57. The average molecular weight is 309 g/mol. The minimum absolute atomic E-state index is 0.228. The first-order valence-corrected chi connectivity index (χ1v) is 8.11. The molecule has 5 heteroatoms. The number of rotatable bonds is 10. The van der Waals surface area contributed by atoms with Crippen molar-refractivity contribution in [1.29, 1.82) is 0 Å². The Bertz CT molecular complexity index is 532. The number of hydrogen-bond donors (Lipinski definition) is 1. The highest BCUT2D eigenvalue weighted by Crippen LogP contribution is 2.24. The number of nitrogens with zero attached hydrogens (tertiary/aromatic N) is 1. The quantitative estimate of drug-likeness (QED) is 0.672. The number of aromatic nitrogens is 1. The number of carbonyl (C=O) groups is 1. The van der Waals surface area contributed by atoms with Crippen LogP contribution in [0.15, 0.2) is 23.1 Å². The number of hydrogen-bond acceptors (Lipinski definition) is 3. The third-order valence-electron chi connectivity index (χ3n) is 4.20. The van der Waals surface area contributed by atoms with Crippen molar-refractivity contribution in [3.05, 3.63) is 28.7 Å². The Labute approximate surface area is 131 Å². The SMILES string of the molecule is CCCCCCOc1cccn(C(CC)(CC)C(=O)O)c1=O. The van der Waals surface area contributed by atoms with Gasteiger partial charge < -0.3 is 9.84 Å². The number of unbranched alkanes of at least 4 members (excludes halogenated alkanes) is 3. The molecule has 0 fully saturated rings. The molecule has 1 N–H and O–H groups in total. The van der Waals surface area contributed by atoms with Gasteiger partial charge in [-0.05, 0) is 31.4 Å². The van der Waals surface area contributed by atoms with Gasteiger partial charge in [-0.25, -0.2) is 4.79 Å². The van der Waals surface area contributed by atoms with Crippen molar-refractivity contribution in [3.63, 3.8) is 0 Å². The van der Waals surface area contributed by atoms with Crippen LogP contribution in [0, 0.1) is 0 Å². The molecule has 1 aromatic rings. The van der Waals surface area contributed by atoms with Gasteiger partial charge in [0.25, 0.3) is 5.56 Å². The predicted molar refractivity (Wildman–Crippen MR) is 86.5 cm³/mol. The number of aliphatic carboxylic acids is 1. The van der Waals surface area contributed by atoms with Crippen molar-refractivity contribution in [2.24, 2.45) is 0 Å². The van der Waals surface area contributed by atoms with Crippen molar-refractivity contribution in [2.75, 3.05) is 6.61 Å². The maximum Gasteiger partial charge on any atom is 0.329 e. The molecule has 0 aliphatic carbocycles. The summed E-state index contributed by atoms with van der Waals surface area (Å²) >= 11 is 0. The Morgan fingerprint density at radius 2 is 1.91 bits per heavy atom. The van der Waals surface area contributed by atoms with Gasteiger partial charge in [-0.15, -0.1) is 0 Å². The van der Waals surface area contributed by atoms with E-state index in [2.05, 4.69) is 6.92 Å². The largest absolute Gasteiger partial charge is 0.488 e. The summed E-state index contributed by atoms with van der Waals surface area (Å²) in [6, 6.07) is 3.28. The third-order valence-corrected chi connectivity index (χ3v) is 4.20. The van der Waals surface area contributed by atoms with Crippen LogP contribution in [-0.4, -0.2) is 22.2 Å². The van der Waals surface area contributed by atoms with Crippen LogP contribution in [0.1, 0.15) is 59.3 Å². The van der Waals surface area contributed by atoms with Gasteiger partial charge in [0, 0.05) is 6.20 Å². The Balaban J connectivity index is 2.97. The van der Waals surface area contributed by atoms with E-state index in [0.717, 1.165) is 25.7 Å². The molecule has 0 atom stereocenters. The van der Waals surface area contributed by atoms with E-state index in [-0.39, 0.29) is 11.3 Å². The first-order chi connectivity index (χ1) is 10.5. The number of pyridine rings is 1. The van der Waals surface area contributed by atoms with Crippen molar-refractivity contribution in [3.8, 4) is 5.75 Å². The summed E-state index contributed by atoms with van der Waals surface area (Å²) in [6.45, 7) is 6.18. The topological polar surface area (TPSA) is 68.5 Å². The lowest BCUT2D eigenvalue weighted by atomic mass is 9.92. The monoisotopic (exact) mass is 309 g/mol. The fourth-order valence-corrected chi connectivity index (χ4v) is 2.63. The van der Waals surface area contributed by atoms with Gasteiger partial charge in [0.2, 0.25) is 0 Å². The van der Waals surface area contributed by atoms with Gasteiger partial charge in [-0.1, -0.05) is 40.0 Å². The molecule has 5 nitrogen and oxygen atoms in total. The van der Waals surface area contributed by atoms with Crippen LogP contribution in [0.4, 0.5) is 0 Å². The van der Waals surface area contributed by atoms with Crippen molar-refractivity contribution < 1.29 is 14.6 Å². The van der Waals surface area contributed by atoms with E-state index >= 15 is 0 Å². The Hall–Kier alpha value is -1.78. The second-order valence-electron chi connectivity index (χ2n) is 5.50. The lowest BCUT2D eigenvalue weighted by molar-refractivity contribution is -0.148. The standard InChI is InChI=1S/C17H27NO4/c1-4-7-8-9-13-22-14-11-10-12-18(15(14)19)17(5-2,6-3)16(20)21/h10-12H,4-9,13H2,1-3H3,(H,20,21). The molecule has 124 valence electrons. The Kier molecular flexibility index (Phi) is 7.15. The molecule has 0 saturated carbocycles. The maximum absolute atomic E-state index is 12.5. The Morgan fingerprint density at radius 1 is 1.23 bits per heavy atom. The first-order valence-electron chi connectivity index (χ1n) is 8.11. The van der Waals surface area contributed by atoms with E-state index in [0.29, 0.717) is 19.4 Å². The highest BCUT2D eigenvalue weighted by Gasteiger charge is 2.38. The highest BCUT2D eigenvalue weighted by atomic mass is 16.5. The molecule has 1 rings (SSSR count). The summed E-state index contributed by atoms with van der Waals surface area (Å²) in [4.78, 5) is 24.2. The zero-order valence-electron chi connectivity index (χ0n) is 13.8. The lowest BCUT2D eigenvalue weighted by Gasteiger charge is -2.29. The van der Waals surface area contributed by atoms with Crippen molar-refractivity contribution >= 4 is 5.97 Å². The van der Waals surface area contributed by atoms with E-state index in [4.69, 9.17) is 4.74 Å². The summed E-state index contributed by atoms with van der Waals surface area (Å²) < 4.78 is 6.86. The lowest BCUT2D eigenvalue weighted by Crippen LogP contribution is -2.46. The average Bonchev–Trinajstić information content (AvgIpc) is 2.51. The van der Waals surface area contributed by atoms with Gasteiger partial charge in [-0.3, -0.25) is 9.36 Å². The molecule has 1 aromatic heterocycles. The van der Waals surface area contributed by atoms with E-state index in [9.17, 15) is 14.7 Å². The fourth-order valence-electron chi connectivity index (χ4n) is 2.63. The molecule has 0 spiro atoms. The second-order valence-corrected chi connectivity index (χ2v) is 5.50. The molecule has 22 heavy (non-hydrogen) atoms. The first kappa shape index (κ1) is 18.3. The zero-order valence-corrected chi connectivity index (χ0v) is 13.8. The van der Waals surface area contributed by atoms with Crippen LogP contribution in [0.2, 0.25) is 0 Å². The number of carboxylic acids is 1. The molecule has 0 unspecified atom stereocenters. The molecule has 0 aliphatic rings. The van der Waals surface area contributed by atoms with Crippen LogP contribution in [0.3, 0.4) is 0 Å². The normalized spacial score (nSPS) is 11.4. The van der Waals surface area contributed by atoms with Gasteiger partial charge in [0.1, 0.15) is 5.54 Å². The minimum Gasteiger partial charge on any atom is -0.488 e. The van der Waals surface area contributed by atoms with Crippen LogP contribution < -0.4 is 10.3 Å². The van der Waals surface area contributed by atoms with E-state index in [1.807, 2.05) is 0 Å². The summed E-state index contributed by atoms with van der Waals surface area (Å²) in [5.41, 5.74) is -1.58. The highest BCUT2D eigenvalue weighted by molar-refractivity contribution is 5.76. The molecule has 0 saturated heterocycles. The fraction of sp³-hybridized carbons (Fsp3) is 0.647. The summed E-state index contributed by atoms with van der Waals surface area (Å²) in [5.74, 6) is -0.758. The molecule has 0 aromatic carbocycles. The molecular weight excluding hydrogens is 282 g/mol. The molecule has 1 heterocycles. The van der Waals surface area contributed by atoms with Gasteiger partial charge in [0.15, 0.2) is 5.75 Å². The second kappa shape index (κ2) is 8.61. The van der Waals surface area contributed by atoms with Crippen LogP contribution in [0.25, 0.3) is 0 Å². The summed E-state index contributed by atoms with van der Waals surface area (Å²) in [6.07, 6.45) is 6.49. The van der Waals surface area contributed by atoms with E-state index in [1.54, 1.807) is 26.0 Å². The smallest absolute Gasteiger partial charge is 0.329 e. The van der Waals surface area contributed by atoms with E-state index < -0.39 is 11.5 Å². The molecule has 0 radical (unpaired) electrons. The predicted octanol–water partition coefficient (Wildman–Crippen LogP) is 3.41. The third kappa shape index (κ3) is 3.90. The Morgan fingerprint density at radius 3 is 2.45 bits per heavy atom. The maximum atomic E-state index is 12.5. The van der Waals surface area contributed by atoms with Crippen molar-refractivity contribution in [2.45, 2.75) is 64.8 Å². The van der Waals surface area contributed by atoms with Gasteiger partial charge in [0.05, 0.1) is 6.61 Å². The summed E-state index contributed by atoms with van der Waals surface area (Å²) in [7, 11) is 0. The van der Waals surface area contributed by atoms with Gasteiger partial charge in [-0.2, -0.15) is 0 Å². The minimum atomic E-state index is -1.21. The number of carboxylic acid groups (broad SMARTS) is 1. The van der Waals surface area contributed by atoms with Crippen LogP contribution >= 0.6 is 0 Å². The zero-order chi connectivity index (χ0) is 16.6.